The summed E-state index contributed by atoms with van der Waals surface area (Å²) in [5, 5.41) is 19.7. The molecule has 0 atom stereocenters. The lowest BCUT2D eigenvalue weighted by atomic mass is 10.2. The molecule has 0 spiro atoms. The quantitative estimate of drug-likeness (QED) is 0.379. The van der Waals surface area contributed by atoms with Crippen molar-refractivity contribution in [3.63, 3.8) is 0 Å². The summed E-state index contributed by atoms with van der Waals surface area (Å²) in [4.78, 5) is 10.1. The number of rotatable bonds is 6. The number of anilines is 1. The molecule has 1 heterocycles. The van der Waals surface area contributed by atoms with Crippen molar-refractivity contribution in [2.45, 2.75) is 4.90 Å². The second-order valence-corrected chi connectivity index (χ2v) is 7.01. The second-order valence-electron chi connectivity index (χ2n) is 5.45. The van der Waals surface area contributed by atoms with Crippen molar-refractivity contribution < 1.29 is 17.8 Å². The van der Waals surface area contributed by atoms with Gasteiger partial charge in [0.05, 0.1) is 21.7 Å². The molecular formula is C17H14N4O5S. The Kier molecular flexibility index (Phi) is 5.01. The van der Waals surface area contributed by atoms with E-state index in [-0.39, 0.29) is 10.6 Å². The first kappa shape index (κ1) is 18.3. The molecule has 138 valence electrons. The number of non-ortho nitro benzene ring substituents is 1. The molecule has 27 heavy (non-hydrogen) atoms. The first-order valence-electron chi connectivity index (χ1n) is 7.59. The monoisotopic (exact) mass is 386 g/mol. The van der Waals surface area contributed by atoms with E-state index in [1.807, 2.05) is 0 Å². The Balaban J connectivity index is 1.67. The van der Waals surface area contributed by atoms with Crippen molar-refractivity contribution in [1.82, 2.24) is 0 Å². The van der Waals surface area contributed by atoms with Crippen LogP contribution in [0.15, 0.2) is 75.1 Å². The maximum Gasteiger partial charge on any atom is 0.269 e. The molecule has 2 aromatic carbocycles. The molecule has 3 rings (SSSR count). The molecule has 0 aliphatic carbocycles. The van der Waals surface area contributed by atoms with E-state index in [2.05, 4.69) is 10.5 Å². The van der Waals surface area contributed by atoms with Gasteiger partial charge in [-0.2, -0.15) is 5.10 Å². The highest BCUT2D eigenvalue weighted by Gasteiger charge is 2.09. The number of primary sulfonamides is 1. The van der Waals surface area contributed by atoms with E-state index in [0.717, 1.165) is 0 Å². The lowest BCUT2D eigenvalue weighted by Crippen LogP contribution is -2.11. The second kappa shape index (κ2) is 7.40. The summed E-state index contributed by atoms with van der Waals surface area (Å²) >= 11 is 0. The molecule has 0 bridgehead atoms. The predicted molar refractivity (Wildman–Crippen MR) is 99.8 cm³/mol. The number of hydrogen-bond donors (Lipinski definition) is 2. The van der Waals surface area contributed by atoms with Gasteiger partial charge in [-0.15, -0.1) is 0 Å². The number of nitrogens with one attached hydrogen (secondary N) is 1. The fourth-order valence-electron chi connectivity index (χ4n) is 2.21. The number of nitrogens with zero attached hydrogens (tertiary/aromatic N) is 2. The Morgan fingerprint density at radius 3 is 2.30 bits per heavy atom. The van der Waals surface area contributed by atoms with Gasteiger partial charge < -0.3 is 4.42 Å². The summed E-state index contributed by atoms with van der Waals surface area (Å²) in [7, 11) is -3.74. The average Bonchev–Trinajstić information content (AvgIpc) is 3.10. The normalized spacial score (nSPS) is 11.6. The zero-order valence-electron chi connectivity index (χ0n) is 13.8. The molecule has 3 aromatic rings. The van der Waals surface area contributed by atoms with Gasteiger partial charge in [0.15, 0.2) is 0 Å². The summed E-state index contributed by atoms with van der Waals surface area (Å²) < 4.78 is 28.2. The van der Waals surface area contributed by atoms with Crippen LogP contribution in [0, 0.1) is 10.1 Å². The standard InChI is InChI=1S/C17H14N4O5S/c18-27(24,25)16-8-1-12(2-9-16)17-10-7-15(26-17)11-19-20-13-3-5-14(6-4-13)21(22)23/h1-11,20H,(H2,18,24,25). The Labute approximate surface area is 154 Å². The number of nitro benzene ring substituents is 1. The van der Waals surface area contributed by atoms with Gasteiger partial charge in [0.25, 0.3) is 5.69 Å². The number of nitrogens with two attached hydrogens (primary N) is 1. The van der Waals surface area contributed by atoms with Crippen LogP contribution in [0.2, 0.25) is 0 Å². The Bertz CT molecular complexity index is 1090. The smallest absolute Gasteiger partial charge is 0.269 e. The van der Waals surface area contributed by atoms with Gasteiger partial charge in [-0.1, -0.05) is 0 Å². The lowest BCUT2D eigenvalue weighted by Gasteiger charge is -2.00. The number of sulfonamides is 1. The van der Waals surface area contributed by atoms with E-state index < -0.39 is 14.9 Å². The van der Waals surface area contributed by atoms with Gasteiger partial charge in [0, 0.05) is 17.7 Å². The number of hydrogen-bond acceptors (Lipinski definition) is 7. The van der Waals surface area contributed by atoms with Gasteiger partial charge >= 0.3 is 0 Å². The molecule has 0 saturated heterocycles. The molecule has 0 fully saturated rings. The highest BCUT2D eigenvalue weighted by molar-refractivity contribution is 7.89. The minimum atomic E-state index is -3.74. The van der Waals surface area contributed by atoms with Crippen LogP contribution in [-0.4, -0.2) is 19.6 Å². The average molecular weight is 386 g/mol. The third kappa shape index (κ3) is 4.57. The molecule has 0 amide bonds. The van der Waals surface area contributed by atoms with Gasteiger partial charge in [0.2, 0.25) is 10.0 Å². The van der Waals surface area contributed by atoms with Crippen LogP contribution in [0.3, 0.4) is 0 Å². The maximum absolute atomic E-state index is 11.3. The van der Waals surface area contributed by atoms with Gasteiger partial charge in [0.1, 0.15) is 11.5 Å². The number of nitro groups is 1. The van der Waals surface area contributed by atoms with E-state index in [1.54, 1.807) is 24.3 Å². The first-order valence-corrected chi connectivity index (χ1v) is 9.14. The summed E-state index contributed by atoms with van der Waals surface area (Å²) in [6.07, 6.45) is 1.45. The topological polar surface area (TPSA) is 141 Å². The van der Waals surface area contributed by atoms with Gasteiger partial charge in [-0.05, 0) is 48.5 Å². The number of hydrazone groups is 1. The van der Waals surface area contributed by atoms with E-state index in [1.165, 1.54) is 42.6 Å². The molecule has 1 aromatic heterocycles. The molecular weight excluding hydrogens is 372 g/mol. The third-order valence-electron chi connectivity index (χ3n) is 3.56. The predicted octanol–water partition coefficient (Wildman–Crippen LogP) is 2.95. The van der Waals surface area contributed by atoms with Crippen molar-refractivity contribution in [2.24, 2.45) is 10.2 Å². The highest BCUT2D eigenvalue weighted by Crippen LogP contribution is 2.23. The third-order valence-corrected chi connectivity index (χ3v) is 4.49. The maximum atomic E-state index is 11.3. The van der Waals surface area contributed by atoms with Crippen LogP contribution in [0.5, 0.6) is 0 Å². The van der Waals surface area contributed by atoms with Crippen LogP contribution >= 0.6 is 0 Å². The molecule has 0 aliphatic heterocycles. The molecule has 10 heteroatoms. The fourth-order valence-corrected chi connectivity index (χ4v) is 2.73. The SMILES string of the molecule is NS(=O)(=O)c1ccc(-c2ccc(C=NNc3ccc([N+](=O)[O-])cc3)o2)cc1. The minimum Gasteiger partial charge on any atom is -0.455 e. The first-order chi connectivity index (χ1) is 12.8. The highest BCUT2D eigenvalue weighted by atomic mass is 32.2. The van der Waals surface area contributed by atoms with Crippen LogP contribution in [0.4, 0.5) is 11.4 Å². The molecule has 0 radical (unpaired) electrons. The van der Waals surface area contributed by atoms with Crippen molar-refractivity contribution in [3.8, 4) is 11.3 Å². The van der Waals surface area contributed by atoms with E-state index in [9.17, 15) is 18.5 Å². The lowest BCUT2D eigenvalue weighted by molar-refractivity contribution is -0.384. The zero-order chi connectivity index (χ0) is 19.4. The molecule has 0 unspecified atom stereocenters. The van der Waals surface area contributed by atoms with E-state index in [4.69, 9.17) is 9.56 Å². The number of furan rings is 1. The number of benzene rings is 2. The van der Waals surface area contributed by atoms with Crippen LogP contribution in [0.1, 0.15) is 5.76 Å². The summed E-state index contributed by atoms with van der Waals surface area (Å²) in [5.41, 5.74) is 4.00. The summed E-state index contributed by atoms with van der Waals surface area (Å²) in [5.74, 6) is 1.00. The molecule has 9 nitrogen and oxygen atoms in total. The van der Waals surface area contributed by atoms with Gasteiger partial charge in [-0.25, -0.2) is 13.6 Å². The Morgan fingerprint density at radius 1 is 1.04 bits per heavy atom. The van der Waals surface area contributed by atoms with Gasteiger partial charge in [-0.3, -0.25) is 15.5 Å². The Hall–Kier alpha value is -3.50. The summed E-state index contributed by atoms with van der Waals surface area (Å²) in [6.45, 7) is 0. The van der Waals surface area contributed by atoms with E-state index >= 15 is 0 Å². The molecule has 0 saturated carbocycles. The fraction of sp³-hybridized carbons (Fsp3) is 0. The molecule has 3 N–H and O–H groups in total. The van der Waals surface area contributed by atoms with Crippen LogP contribution in [-0.2, 0) is 10.0 Å². The molecule has 0 aliphatic rings. The van der Waals surface area contributed by atoms with Crippen LogP contribution < -0.4 is 10.6 Å². The largest absolute Gasteiger partial charge is 0.455 e. The van der Waals surface area contributed by atoms with Crippen molar-refractivity contribution in [1.29, 1.82) is 0 Å². The van der Waals surface area contributed by atoms with Crippen molar-refractivity contribution in [2.75, 3.05) is 5.43 Å². The van der Waals surface area contributed by atoms with Crippen LogP contribution in [0.25, 0.3) is 11.3 Å². The van der Waals surface area contributed by atoms with E-state index in [0.29, 0.717) is 22.8 Å². The van der Waals surface area contributed by atoms with Crippen molar-refractivity contribution >= 4 is 27.6 Å². The zero-order valence-corrected chi connectivity index (χ0v) is 14.6. The minimum absolute atomic E-state index is 0.00587. The van der Waals surface area contributed by atoms with Crippen molar-refractivity contribution in [3.05, 3.63) is 76.5 Å². The Morgan fingerprint density at radius 2 is 1.70 bits per heavy atom. The summed E-state index contributed by atoms with van der Waals surface area (Å²) in [6, 6.07) is 15.2.